The normalized spacial score (nSPS) is 11.4. The molecule has 0 amide bonds. The predicted molar refractivity (Wildman–Crippen MR) is 111 cm³/mol. The van der Waals surface area contributed by atoms with Crippen molar-refractivity contribution in [2.24, 2.45) is 4.99 Å². The molecule has 5 nitrogen and oxygen atoms in total. The minimum Gasteiger partial charge on any atom is -0.351 e. The van der Waals surface area contributed by atoms with Gasteiger partial charge in [-0.05, 0) is 12.5 Å². The number of fused-ring (bicyclic) bond motifs is 1. The maximum absolute atomic E-state index is 4.58. The Morgan fingerprint density at radius 3 is 2.75 bits per heavy atom. The third kappa shape index (κ3) is 4.47. The van der Waals surface area contributed by atoms with Crippen molar-refractivity contribution in [1.82, 2.24) is 19.6 Å². The molecule has 0 spiro atoms. The van der Waals surface area contributed by atoms with E-state index in [1.54, 1.807) is 18.4 Å². The van der Waals surface area contributed by atoms with Crippen LogP contribution in [-0.4, -0.2) is 34.3 Å². The third-order valence-corrected chi connectivity index (χ3v) is 4.46. The molecule has 128 valence electrons. The van der Waals surface area contributed by atoms with Crippen LogP contribution in [0.2, 0.25) is 0 Å². The zero-order valence-corrected chi connectivity index (χ0v) is 17.2. The first-order chi connectivity index (χ1) is 11.2. The van der Waals surface area contributed by atoms with Crippen molar-refractivity contribution in [3.63, 3.8) is 0 Å². The summed E-state index contributed by atoms with van der Waals surface area (Å²) in [5.74, 6) is 0.863. The summed E-state index contributed by atoms with van der Waals surface area (Å²) in [6, 6.07) is 8.58. The molecule has 0 bridgehead atoms. The van der Waals surface area contributed by atoms with E-state index in [-0.39, 0.29) is 24.0 Å². The van der Waals surface area contributed by atoms with E-state index < -0.39 is 0 Å². The number of benzene rings is 1. The molecule has 2 heterocycles. The Hall–Kier alpha value is -1.61. The van der Waals surface area contributed by atoms with Crippen molar-refractivity contribution >= 4 is 46.2 Å². The van der Waals surface area contributed by atoms with E-state index in [1.807, 2.05) is 29.2 Å². The standard InChI is InChI=1S/C17H21N5S.HI/c1-13-4-6-14(7-5-13)11-21(3)16(18-2)19-10-15-12-22-8-9-23-17(22)20-15;/h4-9,12H,10-11H2,1-3H3,(H,18,19);1H. The molecule has 0 atom stereocenters. The van der Waals surface area contributed by atoms with Gasteiger partial charge < -0.3 is 10.2 Å². The number of rotatable bonds is 4. The van der Waals surface area contributed by atoms with Crippen molar-refractivity contribution in [3.05, 3.63) is 58.9 Å². The lowest BCUT2D eigenvalue weighted by molar-refractivity contribution is 0.476. The van der Waals surface area contributed by atoms with Gasteiger partial charge in [0.15, 0.2) is 10.9 Å². The van der Waals surface area contributed by atoms with E-state index in [4.69, 9.17) is 0 Å². The summed E-state index contributed by atoms with van der Waals surface area (Å²) in [7, 11) is 3.85. The van der Waals surface area contributed by atoms with Crippen LogP contribution in [0, 0.1) is 6.92 Å². The lowest BCUT2D eigenvalue weighted by atomic mass is 10.1. The molecule has 7 heteroatoms. The smallest absolute Gasteiger partial charge is 0.194 e. The number of aliphatic imine (C=N–C) groups is 1. The maximum Gasteiger partial charge on any atom is 0.194 e. The number of halogens is 1. The number of hydrogen-bond acceptors (Lipinski definition) is 3. The lowest BCUT2D eigenvalue weighted by Crippen LogP contribution is -2.38. The second-order valence-corrected chi connectivity index (χ2v) is 6.44. The number of imidazole rings is 1. The first-order valence-corrected chi connectivity index (χ1v) is 8.42. The molecule has 3 aromatic rings. The third-order valence-electron chi connectivity index (χ3n) is 3.68. The topological polar surface area (TPSA) is 44.9 Å². The van der Waals surface area contributed by atoms with Crippen LogP contribution in [0.4, 0.5) is 0 Å². The number of guanidine groups is 1. The first kappa shape index (κ1) is 18.7. The molecule has 0 radical (unpaired) electrons. The molecule has 3 rings (SSSR count). The van der Waals surface area contributed by atoms with Gasteiger partial charge in [-0.3, -0.25) is 9.39 Å². The summed E-state index contributed by atoms with van der Waals surface area (Å²) in [5, 5.41) is 5.41. The highest BCUT2D eigenvalue weighted by atomic mass is 127. The number of hydrogen-bond donors (Lipinski definition) is 1. The van der Waals surface area contributed by atoms with Gasteiger partial charge in [-0.15, -0.1) is 35.3 Å². The lowest BCUT2D eigenvalue weighted by Gasteiger charge is -2.22. The van der Waals surface area contributed by atoms with Crippen molar-refractivity contribution in [2.75, 3.05) is 14.1 Å². The summed E-state index contributed by atoms with van der Waals surface area (Å²) in [5.41, 5.74) is 3.56. The van der Waals surface area contributed by atoms with Gasteiger partial charge in [0, 0.05) is 38.4 Å². The summed E-state index contributed by atoms with van der Waals surface area (Å²) in [6.45, 7) is 3.58. The van der Waals surface area contributed by atoms with Crippen LogP contribution >= 0.6 is 35.3 Å². The minimum absolute atomic E-state index is 0. The number of thiazole rings is 1. The Balaban J connectivity index is 0.00000208. The van der Waals surface area contributed by atoms with Gasteiger partial charge in [-0.2, -0.15) is 0 Å². The summed E-state index contributed by atoms with van der Waals surface area (Å²) >= 11 is 1.64. The van der Waals surface area contributed by atoms with E-state index >= 15 is 0 Å². The molecular weight excluding hydrogens is 433 g/mol. The van der Waals surface area contributed by atoms with Gasteiger partial charge in [0.25, 0.3) is 0 Å². The Bertz CT molecular complexity index is 777. The van der Waals surface area contributed by atoms with Crippen LogP contribution in [0.1, 0.15) is 16.8 Å². The van der Waals surface area contributed by atoms with Crippen LogP contribution in [0.3, 0.4) is 0 Å². The zero-order chi connectivity index (χ0) is 16.2. The molecule has 0 aliphatic carbocycles. The molecule has 0 unspecified atom stereocenters. The van der Waals surface area contributed by atoms with E-state index in [1.165, 1.54) is 11.1 Å². The highest BCUT2D eigenvalue weighted by Gasteiger charge is 2.08. The van der Waals surface area contributed by atoms with Crippen LogP contribution in [0.25, 0.3) is 4.96 Å². The van der Waals surface area contributed by atoms with Gasteiger partial charge in [-0.1, -0.05) is 29.8 Å². The van der Waals surface area contributed by atoms with Crippen LogP contribution in [-0.2, 0) is 13.1 Å². The Labute approximate surface area is 163 Å². The Morgan fingerprint density at radius 1 is 1.33 bits per heavy atom. The molecule has 0 aliphatic rings. The summed E-state index contributed by atoms with van der Waals surface area (Å²) < 4.78 is 2.04. The Kier molecular flexibility index (Phi) is 6.61. The average Bonchev–Trinajstić information content (AvgIpc) is 3.11. The highest BCUT2D eigenvalue weighted by Crippen LogP contribution is 2.11. The SMILES string of the molecule is CN=C(NCc1cn2ccsc2n1)N(C)Cc1ccc(C)cc1.I. The van der Waals surface area contributed by atoms with Crippen molar-refractivity contribution in [1.29, 1.82) is 0 Å². The maximum atomic E-state index is 4.58. The monoisotopic (exact) mass is 455 g/mol. The fourth-order valence-corrected chi connectivity index (χ4v) is 3.18. The summed E-state index contributed by atoms with van der Waals surface area (Å²) in [6.07, 6.45) is 4.07. The molecule has 2 aromatic heterocycles. The highest BCUT2D eigenvalue weighted by molar-refractivity contribution is 14.0. The van der Waals surface area contributed by atoms with Crippen molar-refractivity contribution in [3.8, 4) is 0 Å². The fourth-order valence-electron chi connectivity index (χ4n) is 2.46. The number of nitrogens with zero attached hydrogens (tertiary/aromatic N) is 4. The molecule has 24 heavy (non-hydrogen) atoms. The summed E-state index contributed by atoms with van der Waals surface area (Å²) in [4.78, 5) is 12.1. The van der Waals surface area contributed by atoms with Crippen LogP contribution in [0.5, 0.6) is 0 Å². The van der Waals surface area contributed by atoms with Crippen molar-refractivity contribution < 1.29 is 0 Å². The van der Waals surface area contributed by atoms with E-state index in [9.17, 15) is 0 Å². The fraction of sp³-hybridized carbons (Fsp3) is 0.294. The largest absolute Gasteiger partial charge is 0.351 e. The predicted octanol–water partition coefficient (Wildman–Crippen LogP) is 3.53. The van der Waals surface area contributed by atoms with Gasteiger partial charge in [-0.25, -0.2) is 4.98 Å². The molecule has 1 N–H and O–H groups in total. The molecule has 0 fully saturated rings. The van der Waals surface area contributed by atoms with Crippen molar-refractivity contribution in [2.45, 2.75) is 20.0 Å². The zero-order valence-electron chi connectivity index (χ0n) is 14.1. The molecule has 0 saturated carbocycles. The Morgan fingerprint density at radius 2 is 2.08 bits per heavy atom. The average molecular weight is 455 g/mol. The molecule has 0 saturated heterocycles. The van der Waals surface area contributed by atoms with E-state index in [0.29, 0.717) is 6.54 Å². The number of aryl methyl sites for hydroxylation is 1. The molecular formula is C17H22IN5S. The van der Waals surface area contributed by atoms with Crippen LogP contribution in [0.15, 0.2) is 47.0 Å². The van der Waals surface area contributed by atoms with Crippen LogP contribution < -0.4 is 5.32 Å². The number of aromatic nitrogens is 2. The molecule has 1 aromatic carbocycles. The number of nitrogens with one attached hydrogen (secondary N) is 1. The second-order valence-electron chi connectivity index (χ2n) is 5.57. The van der Waals surface area contributed by atoms with E-state index in [2.05, 4.69) is 51.4 Å². The van der Waals surface area contributed by atoms with Gasteiger partial charge in [0.1, 0.15) is 0 Å². The minimum atomic E-state index is 0. The van der Waals surface area contributed by atoms with Gasteiger partial charge in [0.2, 0.25) is 0 Å². The van der Waals surface area contributed by atoms with Gasteiger partial charge in [0.05, 0.1) is 12.2 Å². The van der Waals surface area contributed by atoms with E-state index in [0.717, 1.165) is 23.2 Å². The first-order valence-electron chi connectivity index (χ1n) is 7.54. The van der Waals surface area contributed by atoms with Gasteiger partial charge >= 0.3 is 0 Å². The molecule has 0 aliphatic heterocycles. The second kappa shape index (κ2) is 8.48. The quantitative estimate of drug-likeness (QED) is 0.372.